The summed E-state index contributed by atoms with van der Waals surface area (Å²) in [5.41, 5.74) is 0.875. The molecule has 3 nitrogen and oxygen atoms in total. The van der Waals surface area contributed by atoms with Gasteiger partial charge in [-0.25, -0.2) is 0 Å². The average Bonchev–Trinajstić information content (AvgIpc) is 2.91. The molecule has 0 bridgehead atoms. The van der Waals surface area contributed by atoms with Crippen LogP contribution in [0.2, 0.25) is 4.34 Å². The first kappa shape index (κ1) is 16.0. The molecule has 0 fully saturated rings. The zero-order valence-electron chi connectivity index (χ0n) is 11.6. The van der Waals surface area contributed by atoms with Gasteiger partial charge in [-0.05, 0) is 30.5 Å². The third-order valence-electron chi connectivity index (χ3n) is 3.15. The van der Waals surface area contributed by atoms with Gasteiger partial charge in [0.1, 0.15) is 0 Å². The third-order valence-corrected chi connectivity index (χ3v) is 4.44. The molecule has 0 saturated heterocycles. The molecular formula is C16H18ClNO2S. The molecule has 21 heavy (non-hydrogen) atoms. The lowest BCUT2D eigenvalue weighted by Gasteiger charge is -2.11. The van der Waals surface area contributed by atoms with Gasteiger partial charge in [0.05, 0.1) is 10.4 Å². The second-order valence-corrected chi connectivity index (χ2v) is 6.57. The molecule has 0 aliphatic heterocycles. The molecule has 2 N–H and O–H groups in total. The molecule has 1 heterocycles. The van der Waals surface area contributed by atoms with Crippen molar-refractivity contribution in [1.82, 2.24) is 5.32 Å². The van der Waals surface area contributed by atoms with Crippen LogP contribution in [0.4, 0.5) is 0 Å². The first-order valence-corrected chi connectivity index (χ1v) is 8.08. The molecule has 1 amide bonds. The molecule has 5 heteroatoms. The summed E-state index contributed by atoms with van der Waals surface area (Å²) in [6.45, 7) is 0.472. The van der Waals surface area contributed by atoms with Gasteiger partial charge in [-0.15, -0.1) is 11.3 Å². The van der Waals surface area contributed by atoms with Crippen LogP contribution >= 0.6 is 22.9 Å². The number of halogens is 1. The van der Waals surface area contributed by atoms with Crippen molar-refractivity contribution in [2.45, 2.75) is 25.4 Å². The number of amides is 1. The molecule has 0 saturated carbocycles. The van der Waals surface area contributed by atoms with Crippen LogP contribution in [-0.2, 0) is 11.2 Å². The van der Waals surface area contributed by atoms with Gasteiger partial charge in [-0.1, -0.05) is 41.9 Å². The molecular weight excluding hydrogens is 306 g/mol. The first-order chi connectivity index (χ1) is 10.1. The molecule has 1 unspecified atom stereocenters. The lowest BCUT2D eigenvalue weighted by Crippen LogP contribution is -2.25. The van der Waals surface area contributed by atoms with E-state index in [1.165, 1.54) is 11.3 Å². The first-order valence-electron chi connectivity index (χ1n) is 6.89. The van der Waals surface area contributed by atoms with Crippen molar-refractivity contribution >= 4 is 28.8 Å². The van der Waals surface area contributed by atoms with Crippen molar-refractivity contribution < 1.29 is 9.90 Å². The molecule has 1 aromatic carbocycles. The summed E-state index contributed by atoms with van der Waals surface area (Å²) in [7, 11) is 0. The summed E-state index contributed by atoms with van der Waals surface area (Å²) in [4.78, 5) is 12.8. The second kappa shape index (κ2) is 8.17. The highest BCUT2D eigenvalue weighted by atomic mass is 35.5. The van der Waals surface area contributed by atoms with Gasteiger partial charge in [-0.2, -0.15) is 0 Å². The SMILES string of the molecule is O=C(CCc1ccc(Cl)s1)NCCC(O)c1ccccc1. The Morgan fingerprint density at radius 3 is 2.67 bits per heavy atom. The molecule has 2 rings (SSSR count). The Labute approximate surface area is 133 Å². The van der Waals surface area contributed by atoms with Gasteiger partial charge in [0.25, 0.3) is 0 Å². The van der Waals surface area contributed by atoms with E-state index in [4.69, 9.17) is 11.6 Å². The Bertz CT molecular complexity index is 571. The summed E-state index contributed by atoms with van der Waals surface area (Å²) < 4.78 is 0.747. The molecule has 0 aliphatic carbocycles. The molecule has 0 aliphatic rings. The van der Waals surface area contributed by atoms with Crippen molar-refractivity contribution in [3.05, 3.63) is 57.2 Å². The third kappa shape index (κ3) is 5.50. The normalized spacial score (nSPS) is 12.1. The fourth-order valence-electron chi connectivity index (χ4n) is 2.00. The summed E-state index contributed by atoms with van der Waals surface area (Å²) in [6.07, 6.45) is 1.12. The number of hydrogen-bond acceptors (Lipinski definition) is 3. The van der Waals surface area contributed by atoms with Crippen molar-refractivity contribution in [1.29, 1.82) is 0 Å². The lowest BCUT2D eigenvalue weighted by atomic mass is 10.1. The summed E-state index contributed by atoms with van der Waals surface area (Å²) in [6, 6.07) is 13.2. The van der Waals surface area contributed by atoms with Crippen LogP contribution in [0.5, 0.6) is 0 Å². The van der Waals surface area contributed by atoms with Gasteiger partial charge in [0, 0.05) is 17.8 Å². The number of carbonyl (C=O) groups excluding carboxylic acids is 1. The minimum atomic E-state index is -0.539. The van der Waals surface area contributed by atoms with E-state index in [2.05, 4.69) is 5.32 Å². The van der Waals surface area contributed by atoms with E-state index in [-0.39, 0.29) is 5.91 Å². The van der Waals surface area contributed by atoms with Gasteiger partial charge in [-0.3, -0.25) is 4.79 Å². The molecule has 0 radical (unpaired) electrons. The molecule has 1 aromatic heterocycles. The number of carbonyl (C=O) groups is 1. The van der Waals surface area contributed by atoms with E-state index in [0.717, 1.165) is 14.8 Å². The van der Waals surface area contributed by atoms with Crippen molar-refractivity contribution in [3.63, 3.8) is 0 Å². The van der Waals surface area contributed by atoms with Crippen LogP contribution in [0.1, 0.15) is 29.4 Å². The zero-order valence-corrected chi connectivity index (χ0v) is 13.2. The van der Waals surface area contributed by atoms with E-state index < -0.39 is 6.10 Å². The standard InChI is InChI=1S/C16H18ClNO2S/c17-15-8-6-13(21-15)7-9-16(20)18-11-10-14(19)12-4-2-1-3-5-12/h1-6,8,14,19H,7,9-11H2,(H,18,20). The minimum absolute atomic E-state index is 0.000200. The summed E-state index contributed by atoms with van der Waals surface area (Å²) >= 11 is 7.34. The highest BCUT2D eigenvalue weighted by molar-refractivity contribution is 7.16. The van der Waals surface area contributed by atoms with Crippen LogP contribution in [0.15, 0.2) is 42.5 Å². The van der Waals surface area contributed by atoms with Gasteiger partial charge >= 0.3 is 0 Å². The largest absolute Gasteiger partial charge is 0.388 e. The van der Waals surface area contributed by atoms with Crippen LogP contribution in [0.25, 0.3) is 0 Å². The van der Waals surface area contributed by atoms with Crippen LogP contribution < -0.4 is 5.32 Å². The van der Waals surface area contributed by atoms with Crippen molar-refractivity contribution in [2.75, 3.05) is 6.54 Å². The number of aliphatic hydroxyl groups excluding tert-OH is 1. The Morgan fingerprint density at radius 1 is 1.24 bits per heavy atom. The van der Waals surface area contributed by atoms with E-state index in [1.807, 2.05) is 42.5 Å². The number of aryl methyl sites for hydroxylation is 1. The summed E-state index contributed by atoms with van der Waals surface area (Å²) in [5.74, 6) is -0.000200. The van der Waals surface area contributed by atoms with E-state index in [0.29, 0.717) is 25.8 Å². The fraction of sp³-hybridized carbons (Fsp3) is 0.312. The van der Waals surface area contributed by atoms with E-state index in [9.17, 15) is 9.90 Å². The Kier molecular flexibility index (Phi) is 6.23. The Morgan fingerprint density at radius 2 is 2.00 bits per heavy atom. The summed E-state index contributed by atoms with van der Waals surface area (Å²) in [5, 5.41) is 12.8. The number of benzene rings is 1. The maximum absolute atomic E-state index is 11.7. The van der Waals surface area contributed by atoms with E-state index >= 15 is 0 Å². The van der Waals surface area contributed by atoms with Gasteiger partial charge < -0.3 is 10.4 Å². The number of rotatable bonds is 7. The minimum Gasteiger partial charge on any atom is -0.388 e. The van der Waals surface area contributed by atoms with Crippen LogP contribution in [0, 0.1) is 0 Å². The van der Waals surface area contributed by atoms with Crippen molar-refractivity contribution in [3.8, 4) is 0 Å². The highest BCUT2D eigenvalue weighted by Crippen LogP contribution is 2.22. The number of aliphatic hydroxyl groups is 1. The topological polar surface area (TPSA) is 49.3 Å². The van der Waals surface area contributed by atoms with Crippen LogP contribution in [-0.4, -0.2) is 17.6 Å². The maximum Gasteiger partial charge on any atom is 0.220 e. The van der Waals surface area contributed by atoms with E-state index in [1.54, 1.807) is 0 Å². The predicted octanol–water partition coefficient (Wildman–Crippen LogP) is 3.57. The maximum atomic E-state index is 11.7. The average molecular weight is 324 g/mol. The van der Waals surface area contributed by atoms with Crippen LogP contribution in [0.3, 0.4) is 0 Å². The molecule has 1 atom stereocenters. The lowest BCUT2D eigenvalue weighted by molar-refractivity contribution is -0.121. The smallest absolute Gasteiger partial charge is 0.220 e. The zero-order chi connectivity index (χ0) is 15.1. The number of hydrogen-bond donors (Lipinski definition) is 2. The monoisotopic (exact) mass is 323 g/mol. The number of thiophene rings is 1. The highest BCUT2D eigenvalue weighted by Gasteiger charge is 2.08. The van der Waals surface area contributed by atoms with Gasteiger partial charge in [0.2, 0.25) is 5.91 Å². The Hall–Kier alpha value is -1.36. The molecule has 2 aromatic rings. The quantitative estimate of drug-likeness (QED) is 0.818. The molecule has 0 spiro atoms. The van der Waals surface area contributed by atoms with Gasteiger partial charge in [0.15, 0.2) is 0 Å². The van der Waals surface area contributed by atoms with Crippen molar-refractivity contribution in [2.24, 2.45) is 0 Å². The Balaban J connectivity index is 1.65. The molecule has 112 valence electrons. The fourth-order valence-corrected chi connectivity index (χ4v) is 3.09. The predicted molar refractivity (Wildman–Crippen MR) is 86.7 cm³/mol. The second-order valence-electron chi connectivity index (χ2n) is 4.77. The number of nitrogens with one attached hydrogen (secondary N) is 1.